The van der Waals surface area contributed by atoms with Crippen LogP contribution >= 0.6 is 0 Å². The van der Waals surface area contributed by atoms with E-state index in [1.807, 2.05) is 0 Å². The van der Waals surface area contributed by atoms with Crippen LogP contribution in [0.25, 0.3) is 77.2 Å². The third-order valence-corrected chi connectivity index (χ3v) is 11.3. The van der Waals surface area contributed by atoms with E-state index in [1.54, 1.807) is 0 Å². The Morgan fingerprint density at radius 3 is 1.05 bits per heavy atom. The normalized spacial score (nSPS) is 11.5. The zero-order chi connectivity index (χ0) is 37.7. The minimum atomic E-state index is 1.10. The average Bonchev–Trinajstić information content (AvgIpc) is 3.81. The second-order valence-electron chi connectivity index (χ2n) is 14.5. The maximum absolute atomic E-state index is 2.38. The van der Waals surface area contributed by atoms with Gasteiger partial charge in [-0.3, -0.25) is 0 Å². The molecule has 0 atom stereocenters. The Kier molecular flexibility index (Phi) is 7.82. The molecular weight excluding hydrogens is 691 g/mol. The van der Waals surface area contributed by atoms with Gasteiger partial charge >= 0.3 is 0 Å². The van der Waals surface area contributed by atoms with E-state index in [0.717, 1.165) is 28.4 Å². The molecular formula is C54H37N3. The molecule has 11 aromatic rings. The van der Waals surface area contributed by atoms with Crippen LogP contribution in [0.5, 0.6) is 0 Å². The number of fused-ring (bicyclic) bond motifs is 6. The lowest BCUT2D eigenvalue weighted by atomic mass is 9.98. The molecule has 0 unspecified atom stereocenters. The van der Waals surface area contributed by atoms with Crippen LogP contribution in [0.3, 0.4) is 0 Å². The predicted octanol–water partition coefficient (Wildman–Crippen LogP) is 14.7. The van der Waals surface area contributed by atoms with Crippen molar-refractivity contribution in [3.05, 3.63) is 224 Å². The van der Waals surface area contributed by atoms with E-state index in [1.165, 1.54) is 65.9 Å². The van der Waals surface area contributed by atoms with Gasteiger partial charge < -0.3 is 14.0 Å². The molecule has 0 fully saturated rings. The van der Waals surface area contributed by atoms with Gasteiger partial charge in [-0.25, -0.2) is 0 Å². The van der Waals surface area contributed by atoms with Gasteiger partial charge in [0.2, 0.25) is 0 Å². The molecule has 0 aliphatic heterocycles. The second kappa shape index (κ2) is 13.6. The maximum atomic E-state index is 2.38. The maximum Gasteiger partial charge on any atom is 0.0547 e. The van der Waals surface area contributed by atoms with E-state index in [2.05, 4.69) is 238 Å². The van der Waals surface area contributed by atoms with Gasteiger partial charge in [-0.05, 0) is 107 Å². The van der Waals surface area contributed by atoms with Gasteiger partial charge in [-0.1, -0.05) is 140 Å². The Labute approximate surface area is 331 Å². The van der Waals surface area contributed by atoms with Crippen molar-refractivity contribution in [2.24, 2.45) is 0 Å². The fraction of sp³-hybridized carbons (Fsp3) is 0. The highest BCUT2D eigenvalue weighted by Crippen LogP contribution is 2.42. The van der Waals surface area contributed by atoms with Crippen molar-refractivity contribution in [1.29, 1.82) is 0 Å². The van der Waals surface area contributed by atoms with Crippen molar-refractivity contribution in [2.75, 3.05) is 4.90 Å². The summed E-state index contributed by atoms with van der Waals surface area (Å²) in [5.74, 6) is 0. The fourth-order valence-corrected chi connectivity index (χ4v) is 8.83. The summed E-state index contributed by atoms with van der Waals surface area (Å²) in [7, 11) is 0. The molecule has 0 saturated heterocycles. The Hall–Kier alpha value is -7.62. The summed E-state index contributed by atoms with van der Waals surface area (Å²) in [4.78, 5) is 2.34. The summed E-state index contributed by atoms with van der Waals surface area (Å²) in [6.07, 6.45) is 0. The molecule has 9 aromatic carbocycles. The molecule has 0 saturated carbocycles. The molecule has 0 aliphatic carbocycles. The number of hydrogen-bond donors (Lipinski definition) is 0. The van der Waals surface area contributed by atoms with Crippen LogP contribution in [-0.4, -0.2) is 9.13 Å². The monoisotopic (exact) mass is 727 g/mol. The second-order valence-corrected chi connectivity index (χ2v) is 14.5. The molecule has 0 N–H and O–H groups in total. The largest absolute Gasteiger partial charge is 0.311 e. The van der Waals surface area contributed by atoms with Crippen molar-refractivity contribution >= 4 is 60.7 Å². The number of anilines is 3. The van der Waals surface area contributed by atoms with Crippen LogP contribution < -0.4 is 4.90 Å². The standard InChI is InChI=1S/C54H37N3/c1-4-16-40(17-5-1)55(43-34-30-38(31-35-43)45-24-14-28-51-53(45)47-22-10-12-26-49(47)56(51)41-18-6-2-7-19-41)44-36-32-39(33-37-44)46-25-15-29-52-54(46)48-23-11-13-27-50(48)57(52)42-20-8-3-9-21-42/h1-37H. The Morgan fingerprint density at radius 2 is 0.614 bits per heavy atom. The topological polar surface area (TPSA) is 13.1 Å². The number of para-hydroxylation sites is 5. The highest BCUT2D eigenvalue weighted by Gasteiger charge is 2.19. The minimum Gasteiger partial charge on any atom is -0.311 e. The van der Waals surface area contributed by atoms with Crippen LogP contribution in [0.4, 0.5) is 17.1 Å². The first-order chi connectivity index (χ1) is 28.3. The van der Waals surface area contributed by atoms with Gasteiger partial charge in [0.15, 0.2) is 0 Å². The minimum absolute atomic E-state index is 1.10. The quantitative estimate of drug-likeness (QED) is 0.159. The molecule has 0 amide bonds. The van der Waals surface area contributed by atoms with Crippen LogP contribution in [0.2, 0.25) is 0 Å². The zero-order valence-electron chi connectivity index (χ0n) is 31.2. The van der Waals surface area contributed by atoms with Gasteiger partial charge in [-0.2, -0.15) is 0 Å². The van der Waals surface area contributed by atoms with Crippen molar-refractivity contribution < 1.29 is 0 Å². The van der Waals surface area contributed by atoms with E-state index in [-0.39, 0.29) is 0 Å². The van der Waals surface area contributed by atoms with Crippen molar-refractivity contribution in [3.8, 4) is 33.6 Å². The predicted molar refractivity (Wildman–Crippen MR) is 241 cm³/mol. The van der Waals surface area contributed by atoms with Gasteiger partial charge in [-0.15, -0.1) is 0 Å². The Morgan fingerprint density at radius 1 is 0.263 bits per heavy atom. The fourth-order valence-electron chi connectivity index (χ4n) is 8.83. The van der Waals surface area contributed by atoms with E-state index in [4.69, 9.17) is 0 Å². The summed E-state index contributed by atoms with van der Waals surface area (Å²) in [6, 6.07) is 80.9. The molecule has 0 spiro atoms. The highest BCUT2D eigenvalue weighted by molar-refractivity contribution is 6.17. The molecule has 3 nitrogen and oxygen atoms in total. The van der Waals surface area contributed by atoms with E-state index >= 15 is 0 Å². The first kappa shape index (κ1) is 32.8. The molecule has 0 bridgehead atoms. The number of benzene rings is 9. The van der Waals surface area contributed by atoms with Crippen LogP contribution in [0, 0.1) is 0 Å². The van der Waals surface area contributed by atoms with Gasteiger partial charge in [0.25, 0.3) is 0 Å². The Balaban J connectivity index is 1.00. The average molecular weight is 728 g/mol. The SMILES string of the molecule is c1ccc(N(c2ccc(-c3cccc4c3c3ccccc3n4-c3ccccc3)cc2)c2ccc(-c3cccc4c3c3ccccc3n4-c3ccccc3)cc2)cc1. The molecule has 2 aromatic heterocycles. The van der Waals surface area contributed by atoms with E-state index in [0.29, 0.717) is 0 Å². The lowest BCUT2D eigenvalue weighted by Gasteiger charge is -2.26. The summed E-state index contributed by atoms with van der Waals surface area (Å²) in [6.45, 7) is 0. The molecule has 11 rings (SSSR count). The van der Waals surface area contributed by atoms with Crippen molar-refractivity contribution in [2.45, 2.75) is 0 Å². The van der Waals surface area contributed by atoms with E-state index < -0.39 is 0 Å². The first-order valence-corrected chi connectivity index (χ1v) is 19.5. The third kappa shape index (κ3) is 5.43. The summed E-state index contributed by atoms with van der Waals surface area (Å²) in [5.41, 5.74) is 15.3. The molecule has 2 heterocycles. The van der Waals surface area contributed by atoms with E-state index in [9.17, 15) is 0 Å². The molecule has 57 heavy (non-hydrogen) atoms. The van der Waals surface area contributed by atoms with Gasteiger partial charge in [0, 0.05) is 50.0 Å². The number of rotatable bonds is 7. The summed E-state index contributed by atoms with van der Waals surface area (Å²) >= 11 is 0. The van der Waals surface area contributed by atoms with Crippen molar-refractivity contribution in [3.63, 3.8) is 0 Å². The van der Waals surface area contributed by atoms with Crippen LogP contribution in [0.15, 0.2) is 224 Å². The lowest BCUT2D eigenvalue weighted by Crippen LogP contribution is -2.09. The number of aromatic nitrogens is 2. The molecule has 0 aliphatic rings. The van der Waals surface area contributed by atoms with Crippen molar-refractivity contribution in [1.82, 2.24) is 9.13 Å². The molecule has 0 radical (unpaired) electrons. The molecule has 3 heteroatoms. The first-order valence-electron chi connectivity index (χ1n) is 19.5. The summed E-state index contributed by atoms with van der Waals surface area (Å²) < 4.78 is 4.76. The van der Waals surface area contributed by atoms with Gasteiger partial charge in [0.1, 0.15) is 0 Å². The zero-order valence-corrected chi connectivity index (χ0v) is 31.2. The molecule has 268 valence electrons. The Bertz CT molecular complexity index is 2990. The number of hydrogen-bond acceptors (Lipinski definition) is 1. The van der Waals surface area contributed by atoms with Crippen LogP contribution in [-0.2, 0) is 0 Å². The third-order valence-electron chi connectivity index (χ3n) is 11.3. The van der Waals surface area contributed by atoms with Crippen LogP contribution in [0.1, 0.15) is 0 Å². The van der Waals surface area contributed by atoms with Gasteiger partial charge in [0.05, 0.1) is 22.1 Å². The smallest absolute Gasteiger partial charge is 0.0547 e. The summed E-state index contributed by atoms with van der Waals surface area (Å²) in [5, 5.41) is 5.04. The number of nitrogens with zero attached hydrogens (tertiary/aromatic N) is 3. The highest BCUT2D eigenvalue weighted by atomic mass is 15.1. The lowest BCUT2D eigenvalue weighted by molar-refractivity contribution is 1.18.